The molecular weight excluding hydrogens is 567 g/mol. The molecule has 0 amide bonds. The SMILES string of the molecule is C1=C(N(c2ccccc2)c2ccc3ccccc3c2)CCc2c1ccc1cc(-c3cc4ccccc4cc3-c3ccccc3)ccc21. The number of para-hydroxylation sites is 1. The molecule has 8 aromatic rings. The van der Waals surface area contributed by atoms with E-state index in [0.29, 0.717) is 0 Å². The molecule has 9 rings (SSSR count). The van der Waals surface area contributed by atoms with Gasteiger partial charge in [0.1, 0.15) is 0 Å². The van der Waals surface area contributed by atoms with Crippen molar-refractivity contribution in [2.24, 2.45) is 0 Å². The van der Waals surface area contributed by atoms with Crippen LogP contribution in [0.25, 0.3) is 60.6 Å². The van der Waals surface area contributed by atoms with Gasteiger partial charge in [0.05, 0.1) is 0 Å². The molecule has 0 bridgehead atoms. The maximum absolute atomic E-state index is 2.44. The lowest BCUT2D eigenvalue weighted by Gasteiger charge is -2.31. The van der Waals surface area contributed by atoms with Crippen molar-refractivity contribution >= 4 is 49.8 Å². The van der Waals surface area contributed by atoms with E-state index in [-0.39, 0.29) is 0 Å². The third-order valence-corrected chi connectivity index (χ3v) is 9.70. The maximum Gasteiger partial charge on any atom is 0.0464 e. The summed E-state index contributed by atoms with van der Waals surface area (Å²) >= 11 is 0. The second-order valence-corrected chi connectivity index (χ2v) is 12.5. The van der Waals surface area contributed by atoms with Gasteiger partial charge in [0.2, 0.25) is 0 Å². The molecule has 0 aromatic heterocycles. The zero-order valence-electron chi connectivity index (χ0n) is 26.1. The lowest BCUT2D eigenvalue weighted by Crippen LogP contribution is -2.19. The smallest absolute Gasteiger partial charge is 0.0464 e. The third-order valence-electron chi connectivity index (χ3n) is 9.70. The summed E-state index contributed by atoms with van der Waals surface area (Å²) in [5.41, 5.74) is 11.5. The molecule has 0 radical (unpaired) electrons. The Morgan fingerprint density at radius 1 is 0.383 bits per heavy atom. The molecule has 0 N–H and O–H groups in total. The number of anilines is 2. The molecule has 0 fully saturated rings. The molecule has 0 aliphatic heterocycles. The molecule has 1 aliphatic carbocycles. The van der Waals surface area contributed by atoms with E-state index >= 15 is 0 Å². The first-order valence-electron chi connectivity index (χ1n) is 16.5. The van der Waals surface area contributed by atoms with Gasteiger partial charge < -0.3 is 4.90 Å². The highest BCUT2D eigenvalue weighted by Gasteiger charge is 2.21. The van der Waals surface area contributed by atoms with Crippen LogP contribution < -0.4 is 4.90 Å². The molecule has 0 spiro atoms. The van der Waals surface area contributed by atoms with Gasteiger partial charge in [0, 0.05) is 17.1 Å². The van der Waals surface area contributed by atoms with E-state index in [4.69, 9.17) is 0 Å². The fourth-order valence-electron chi connectivity index (χ4n) is 7.38. The summed E-state index contributed by atoms with van der Waals surface area (Å²) in [6, 6.07) is 62.0. The molecule has 0 unspecified atom stereocenters. The Bertz CT molecular complexity index is 2450. The quantitative estimate of drug-likeness (QED) is 0.190. The first kappa shape index (κ1) is 27.4. The summed E-state index contributed by atoms with van der Waals surface area (Å²) < 4.78 is 0. The Morgan fingerprint density at radius 3 is 1.74 bits per heavy atom. The van der Waals surface area contributed by atoms with E-state index in [1.807, 2.05) is 0 Å². The van der Waals surface area contributed by atoms with Crippen LogP contribution in [0.3, 0.4) is 0 Å². The Morgan fingerprint density at radius 2 is 1.00 bits per heavy atom. The van der Waals surface area contributed by atoms with Crippen molar-refractivity contribution in [1.29, 1.82) is 0 Å². The number of rotatable bonds is 5. The lowest BCUT2D eigenvalue weighted by atomic mass is 9.87. The molecule has 8 aromatic carbocycles. The van der Waals surface area contributed by atoms with Crippen molar-refractivity contribution in [3.63, 3.8) is 0 Å². The van der Waals surface area contributed by atoms with Crippen LogP contribution in [0.15, 0.2) is 176 Å². The Balaban J connectivity index is 1.14. The number of aryl methyl sites for hydroxylation is 1. The summed E-state index contributed by atoms with van der Waals surface area (Å²) in [7, 11) is 0. The lowest BCUT2D eigenvalue weighted by molar-refractivity contribution is 0.901. The van der Waals surface area contributed by atoms with Crippen molar-refractivity contribution in [3.8, 4) is 22.3 Å². The van der Waals surface area contributed by atoms with Crippen LogP contribution in [0, 0.1) is 0 Å². The van der Waals surface area contributed by atoms with E-state index in [1.165, 1.54) is 82.8 Å². The summed E-state index contributed by atoms with van der Waals surface area (Å²) in [5.74, 6) is 0. The predicted molar refractivity (Wildman–Crippen MR) is 201 cm³/mol. The highest BCUT2D eigenvalue weighted by atomic mass is 15.1. The normalized spacial score (nSPS) is 12.6. The zero-order chi connectivity index (χ0) is 31.2. The van der Waals surface area contributed by atoms with Gasteiger partial charge in [0.25, 0.3) is 0 Å². The van der Waals surface area contributed by atoms with Crippen LogP contribution in [0.2, 0.25) is 0 Å². The summed E-state index contributed by atoms with van der Waals surface area (Å²) in [6.07, 6.45) is 4.38. The van der Waals surface area contributed by atoms with Crippen molar-refractivity contribution in [2.75, 3.05) is 4.90 Å². The van der Waals surface area contributed by atoms with Crippen LogP contribution in [0.4, 0.5) is 11.4 Å². The average molecular weight is 600 g/mol. The monoisotopic (exact) mass is 599 g/mol. The van der Waals surface area contributed by atoms with E-state index < -0.39 is 0 Å². The van der Waals surface area contributed by atoms with Crippen molar-refractivity contribution in [3.05, 3.63) is 187 Å². The number of nitrogens with zero attached hydrogens (tertiary/aromatic N) is 1. The van der Waals surface area contributed by atoms with Gasteiger partial charge in [0.15, 0.2) is 0 Å². The van der Waals surface area contributed by atoms with E-state index in [2.05, 4.69) is 181 Å². The number of hydrogen-bond acceptors (Lipinski definition) is 1. The van der Waals surface area contributed by atoms with Crippen LogP contribution in [0.1, 0.15) is 17.5 Å². The highest BCUT2D eigenvalue weighted by Crippen LogP contribution is 2.41. The molecule has 0 saturated carbocycles. The first-order chi connectivity index (χ1) is 23.3. The Kier molecular flexibility index (Phi) is 6.68. The predicted octanol–water partition coefficient (Wildman–Crippen LogP) is 12.6. The Hall–Kier alpha value is -5.92. The molecule has 47 heavy (non-hydrogen) atoms. The fourth-order valence-corrected chi connectivity index (χ4v) is 7.38. The molecule has 0 heterocycles. The van der Waals surface area contributed by atoms with Crippen molar-refractivity contribution < 1.29 is 0 Å². The zero-order valence-corrected chi connectivity index (χ0v) is 26.1. The van der Waals surface area contributed by atoms with Gasteiger partial charge in [-0.15, -0.1) is 0 Å². The van der Waals surface area contributed by atoms with Crippen LogP contribution >= 0.6 is 0 Å². The van der Waals surface area contributed by atoms with E-state index in [1.54, 1.807) is 0 Å². The number of fused-ring (bicyclic) bond motifs is 5. The highest BCUT2D eigenvalue weighted by molar-refractivity contribution is 6.00. The molecule has 1 nitrogen and oxygen atoms in total. The van der Waals surface area contributed by atoms with Gasteiger partial charge >= 0.3 is 0 Å². The van der Waals surface area contributed by atoms with Crippen molar-refractivity contribution in [1.82, 2.24) is 0 Å². The Labute approximate surface area is 275 Å². The van der Waals surface area contributed by atoms with Gasteiger partial charge in [-0.25, -0.2) is 0 Å². The minimum Gasteiger partial charge on any atom is -0.314 e. The van der Waals surface area contributed by atoms with Crippen LogP contribution in [0.5, 0.6) is 0 Å². The summed E-state index contributed by atoms with van der Waals surface area (Å²) in [5, 5.41) is 7.69. The molecule has 1 aliphatic rings. The standard InChI is InChI=1S/C46H33N/c1-3-12-33(13-4-1)45-30-35-15-9-10-16-36(35)31-46(45)38-22-25-43-37(27-38)19-20-39-29-42(24-26-44(39)43)47(40-17-5-2-6-18-40)41-23-21-32-11-7-8-14-34(32)28-41/h1-23,25,27-31H,24,26H2. The number of benzene rings is 8. The van der Waals surface area contributed by atoms with Gasteiger partial charge in [-0.3, -0.25) is 0 Å². The second kappa shape index (κ2) is 11.5. The third kappa shape index (κ3) is 4.98. The number of allylic oxidation sites excluding steroid dienone is 1. The topological polar surface area (TPSA) is 3.24 Å². The van der Waals surface area contributed by atoms with E-state index in [9.17, 15) is 0 Å². The average Bonchev–Trinajstić information content (AvgIpc) is 3.15. The van der Waals surface area contributed by atoms with Crippen molar-refractivity contribution in [2.45, 2.75) is 12.8 Å². The van der Waals surface area contributed by atoms with Gasteiger partial charge in [-0.05, 0) is 127 Å². The van der Waals surface area contributed by atoms with Gasteiger partial charge in [-0.2, -0.15) is 0 Å². The number of hydrogen-bond donors (Lipinski definition) is 0. The molecule has 1 heteroatoms. The maximum atomic E-state index is 2.44. The van der Waals surface area contributed by atoms with Crippen LogP contribution in [-0.2, 0) is 6.42 Å². The summed E-state index contributed by atoms with van der Waals surface area (Å²) in [6.45, 7) is 0. The minimum absolute atomic E-state index is 0.971. The molecule has 222 valence electrons. The fraction of sp³-hybridized carbons (Fsp3) is 0.0435. The van der Waals surface area contributed by atoms with Gasteiger partial charge in [-0.1, -0.05) is 127 Å². The van der Waals surface area contributed by atoms with E-state index in [0.717, 1.165) is 12.8 Å². The first-order valence-corrected chi connectivity index (χ1v) is 16.5. The molecule has 0 atom stereocenters. The minimum atomic E-state index is 0.971. The summed E-state index contributed by atoms with van der Waals surface area (Å²) in [4.78, 5) is 2.44. The largest absolute Gasteiger partial charge is 0.314 e. The molecule has 0 saturated heterocycles. The van der Waals surface area contributed by atoms with Crippen LogP contribution in [-0.4, -0.2) is 0 Å². The molecular formula is C46H33N. The second-order valence-electron chi connectivity index (χ2n) is 12.5.